The molecule has 0 spiro atoms. The minimum Gasteiger partial charge on any atom is -0.144 e. The van der Waals surface area contributed by atoms with E-state index in [-0.39, 0.29) is 0 Å². The predicted molar refractivity (Wildman–Crippen MR) is 59.5 cm³/mol. The van der Waals surface area contributed by atoms with Gasteiger partial charge in [-0.2, -0.15) is 0 Å². The normalized spacial score (nSPS) is 10.3. The second kappa shape index (κ2) is 3.52. The Labute approximate surface area is 86.8 Å². The zero-order valence-electron chi connectivity index (χ0n) is 7.25. The molecule has 0 radical (unpaired) electrons. The molecule has 0 fully saturated rings. The summed E-state index contributed by atoms with van der Waals surface area (Å²) in [4.78, 5) is 1.31. The highest BCUT2D eigenvalue weighted by Gasteiger charge is 2.02. The van der Waals surface area contributed by atoms with Gasteiger partial charge in [-0.05, 0) is 41.6 Å². The fourth-order valence-corrected chi connectivity index (χ4v) is 2.41. The molecule has 0 N–H and O–H groups in total. The first kappa shape index (κ1) is 8.79. The summed E-state index contributed by atoms with van der Waals surface area (Å²) < 4.78 is 0. The predicted octanol–water partition coefficient (Wildman–Crippen LogP) is 4.38. The minimum absolute atomic E-state index is 0.797. The highest BCUT2D eigenvalue weighted by molar-refractivity contribution is 7.13. The van der Waals surface area contributed by atoms with Crippen LogP contribution in [0.2, 0.25) is 5.02 Å². The van der Waals surface area contributed by atoms with Crippen molar-refractivity contribution in [3.8, 4) is 10.4 Å². The van der Waals surface area contributed by atoms with Crippen LogP contribution in [0.15, 0.2) is 35.7 Å². The van der Waals surface area contributed by atoms with E-state index in [1.807, 2.05) is 18.2 Å². The highest BCUT2D eigenvalue weighted by Crippen LogP contribution is 2.30. The summed E-state index contributed by atoms with van der Waals surface area (Å²) in [5.41, 5.74) is 2.52. The summed E-state index contributed by atoms with van der Waals surface area (Å²) in [6, 6.07) is 10.1. The Morgan fingerprint density at radius 3 is 2.69 bits per heavy atom. The van der Waals surface area contributed by atoms with Crippen molar-refractivity contribution in [3.63, 3.8) is 0 Å². The van der Waals surface area contributed by atoms with E-state index >= 15 is 0 Å². The second-order valence-electron chi connectivity index (χ2n) is 2.94. The second-order valence-corrected chi connectivity index (χ2v) is 4.30. The molecule has 2 aromatic rings. The van der Waals surface area contributed by atoms with E-state index in [2.05, 4.69) is 24.4 Å². The smallest absolute Gasteiger partial charge is 0.0412 e. The van der Waals surface area contributed by atoms with Crippen LogP contribution in [0.4, 0.5) is 0 Å². The first-order valence-electron chi connectivity index (χ1n) is 4.07. The van der Waals surface area contributed by atoms with Gasteiger partial charge in [0.05, 0.1) is 0 Å². The largest absolute Gasteiger partial charge is 0.144 e. The quantitative estimate of drug-likeness (QED) is 0.653. The fraction of sp³-hybridized carbons (Fsp3) is 0.0909. The van der Waals surface area contributed by atoms with Crippen molar-refractivity contribution < 1.29 is 0 Å². The van der Waals surface area contributed by atoms with Crippen molar-refractivity contribution in [1.82, 2.24) is 0 Å². The molecule has 0 nitrogen and oxygen atoms in total. The van der Waals surface area contributed by atoms with Gasteiger partial charge in [0.15, 0.2) is 0 Å². The number of aryl methyl sites for hydroxylation is 1. The minimum atomic E-state index is 0.797. The number of rotatable bonds is 1. The Balaban J connectivity index is 2.53. The zero-order valence-corrected chi connectivity index (χ0v) is 8.82. The molecule has 13 heavy (non-hydrogen) atoms. The molecule has 0 saturated heterocycles. The summed E-state index contributed by atoms with van der Waals surface area (Å²) in [7, 11) is 0. The maximum absolute atomic E-state index is 5.92. The van der Waals surface area contributed by atoms with Gasteiger partial charge in [0.1, 0.15) is 0 Å². The molecule has 1 heterocycles. The Morgan fingerprint density at radius 1 is 1.23 bits per heavy atom. The lowest BCUT2D eigenvalue weighted by molar-refractivity contribution is 1.54. The van der Waals surface area contributed by atoms with Gasteiger partial charge in [-0.1, -0.05) is 23.7 Å². The molecule has 0 unspecified atom stereocenters. The maximum Gasteiger partial charge on any atom is 0.0412 e. The van der Waals surface area contributed by atoms with Crippen LogP contribution in [-0.4, -0.2) is 0 Å². The maximum atomic E-state index is 5.92. The molecule has 0 atom stereocenters. The van der Waals surface area contributed by atoms with E-state index < -0.39 is 0 Å². The van der Waals surface area contributed by atoms with Gasteiger partial charge >= 0.3 is 0 Å². The van der Waals surface area contributed by atoms with E-state index in [1.54, 1.807) is 11.3 Å². The molecule has 0 amide bonds. The molecule has 0 aliphatic heterocycles. The Hall–Kier alpha value is -0.790. The first-order valence-corrected chi connectivity index (χ1v) is 5.33. The number of hydrogen-bond donors (Lipinski definition) is 0. The monoisotopic (exact) mass is 208 g/mol. The standard InChI is InChI=1S/C11H9ClS/c1-8-5-6-13-11(8)9-3-2-4-10(12)7-9/h2-7H,1H3. The van der Waals surface area contributed by atoms with Crippen molar-refractivity contribution in [3.05, 3.63) is 46.3 Å². The van der Waals surface area contributed by atoms with Crippen LogP contribution in [0.1, 0.15) is 5.56 Å². The fourth-order valence-electron chi connectivity index (χ4n) is 1.30. The summed E-state index contributed by atoms with van der Waals surface area (Å²) >= 11 is 7.67. The van der Waals surface area contributed by atoms with Crippen molar-refractivity contribution in [2.24, 2.45) is 0 Å². The average molecular weight is 209 g/mol. The number of halogens is 1. The van der Waals surface area contributed by atoms with Gasteiger partial charge in [-0.15, -0.1) is 11.3 Å². The Bertz CT molecular complexity index is 418. The number of thiophene rings is 1. The zero-order chi connectivity index (χ0) is 9.26. The van der Waals surface area contributed by atoms with E-state index in [9.17, 15) is 0 Å². The lowest BCUT2D eigenvalue weighted by Crippen LogP contribution is -1.74. The molecule has 1 aromatic carbocycles. The lowest BCUT2D eigenvalue weighted by Gasteiger charge is -1.99. The average Bonchev–Trinajstić information content (AvgIpc) is 2.51. The van der Waals surface area contributed by atoms with Crippen molar-refractivity contribution >= 4 is 22.9 Å². The molecule has 1 aromatic heterocycles. The highest BCUT2D eigenvalue weighted by atomic mass is 35.5. The Morgan fingerprint density at radius 2 is 2.08 bits per heavy atom. The van der Waals surface area contributed by atoms with Gasteiger partial charge < -0.3 is 0 Å². The summed E-state index contributed by atoms with van der Waals surface area (Å²) in [5, 5.41) is 2.90. The molecule has 0 bridgehead atoms. The molecule has 0 aliphatic rings. The van der Waals surface area contributed by atoms with Crippen LogP contribution in [0.25, 0.3) is 10.4 Å². The summed E-state index contributed by atoms with van der Waals surface area (Å²) in [6.07, 6.45) is 0. The van der Waals surface area contributed by atoms with E-state index in [1.165, 1.54) is 16.0 Å². The first-order chi connectivity index (χ1) is 6.27. The molecular weight excluding hydrogens is 200 g/mol. The third-order valence-corrected chi connectivity index (χ3v) is 3.25. The lowest BCUT2D eigenvalue weighted by atomic mass is 10.1. The molecule has 2 heteroatoms. The van der Waals surface area contributed by atoms with Gasteiger partial charge in [0.25, 0.3) is 0 Å². The third-order valence-electron chi connectivity index (χ3n) is 1.95. The molecular formula is C11H9ClS. The van der Waals surface area contributed by atoms with Crippen molar-refractivity contribution in [2.45, 2.75) is 6.92 Å². The van der Waals surface area contributed by atoms with Gasteiger partial charge in [0, 0.05) is 9.90 Å². The number of hydrogen-bond acceptors (Lipinski definition) is 1. The van der Waals surface area contributed by atoms with Crippen LogP contribution in [0.5, 0.6) is 0 Å². The van der Waals surface area contributed by atoms with Crippen molar-refractivity contribution in [1.29, 1.82) is 0 Å². The molecule has 0 aliphatic carbocycles. The van der Waals surface area contributed by atoms with E-state index in [0.717, 1.165) is 5.02 Å². The van der Waals surface area contributed by atoms with Crippen LogP contribution in [0.3, 0.4) is 0 Å². The SMILES string of the molecule is Cc1ccsc1-c1cccc(Cl)c1. The van der Waals surface area contributed by atoms with Gasteiger partial charge in [0.2, 0.25) is 0 Å². The van der Waals surface area contributed by atoms with Gasteiger partial charge in [-0.25, -0.2) is 0 Å². The number of benzene rings is 1. The van der Waals surface area contributed by atoms with Gasteiger partial charge in [-0.3, -0.25) is 0 Å². The van der Waals surface area contributed by atoms with Crippen LogP contribution >= 0.6 is 22.9 Å². The van der Waals surface area contributed by atoms with Crippen LogP contribution in [-0.2, 0) is 0 Å². The topological polar surface area (TPSA) is 0 Å². The van der Waals surface area contributed by atoms with Crippen LogP contribution in [0, 0.1) is 6.92 Å². The Kier molecular flexibility index (Phi) is 2.38. The van der Waals surface area contributed by atoms with Crippen molar-refractivity contribution in [2.75, 3.05) is 0 Å². The molecule has 2 rings (SSSR count). The third kappa shape index (κ3) is 1.77. The molecule has 0 saturated carbocycles. The van der Waals surface area contributed by atoms with Crippen LogP contribution < -0.4 is 0 Å². The summed E-state index contributed by atoms with van der Waals surface area (Å²) in [6.45, 7) is 2.12. The molecule has 66 valence electrons. The van der Waals surface area contributed by atoms with E-state index in [4.69, 9.17) is 11.6 Å². The van der Waals surface area contributed by atoms with E-state index in [0.29, 0.717) is 0 Å². The summed E-state index contributed by atoms with van der Waals surface area (Å²) in [5.74, 6) is 0.